The van der Waals surface area contributed by atoms with Crippen molar-refractivity contribution in [3.63, 3.8) is 0 Å². The highest BCUT2D eigenvalue weighted by atomic mass is 32.2. The summed E-state index contributed by atoms with van der Waals surface area (Å²) in [6, 6.07) is 16.4. The molecular formula is C24H26N6O2S. The molecule has 0 bridgehead atoms. The maximum atomic E-state index is 12.7. The molecule has 0 aliphatic rings. The fraction of sp³-hybridized carbons (Fsp3) is 0.208. The zero-order valence-corrected chi connectivity index (χ0v) is 19.1. The highest BCUT2D eigenvalue weighted by Gasteiger charge is 2.14. The summed E-state index contributed by atoms with van der Waals surface area (Å²) < 4.78 is 28.0. The van der Waals surface area contributed by atoms with Gasteiger partial charge in [0.25, 0.3) is 0 Å². The van der Waals surface area contributed by atoms with Gasteiger partial charge in [-0.1, -0.05) is 12.1 Å². The minimum absolute atomic E-state index is 0.223. The number of sulfonamides is 1. The minimum Gasteiger partial charge on any atom is -0.370 e. The van der Waals surface area contributed by atoms with Crippen molar-refractivity contribution in [2.45, 2.75) is 24.8 Å². The van der Waals surface area contributed by atoms with Gasteiger partial charge in [0.05, 0.1) is 10.4 Å². The third-order valence-electron chi connectivity index (χ3n) is 5.03. The largest absolute Gasteiger partial charge is 0.370 e. The molecule has 0 atom stereocenters. The van der Waals surface area contributed by atoms with E-state index in [0.29, 0.717) is 26.1 Å². The van der Waals surface area contributed by atoms with Crippen LogP contribution in [0.5, 0.6) is 0 Å². The number of benzene rings is 1. The summed E-state index contributed by atoms with van der Waals surface area (Å²) in [4.78, 5) is 13.2. The molecular weight excluding hydrogens is 436 g/mol. The molecule has 0 spiro atoms. The van der Waals surface area contributed by atoms with E-state index in [1.54, 1.807) is 36.8 Å². The van der Waals surface area contributed by atoms with E-state index in [1.165, 1.54) is 0 Å². The molecule has 0 aliphatic heterocycles. The standard InChI is InChI=1S/C24H26N6O2S/c1-18-5-9-23(27-15-18)26-12-3-13-29-33(31,32)21-7-8-22-20(14-21)6-10-24(30-22)28-17-19-4-2-11-25-16-19/h2,4-11,14-16,29H,3,12-13,17H2,1H3,(H,26,27)(H,28,30). The number of nitrogens with zero attached hydrogens (tertiary/aromatic N) is 3. The van der Waals surface area contributed by atoms with Crippen LogP contribution in [-0.4, -0.2) is 36.5 Å². The van der Waals surface area contributed by atoms with Gasteiger partial charge in [0.15, 0.2) is 0 Å². The molecule has 3 N–H and O–H groups in total. The van der Waals surface area contributed by atoms with Gasteiger partial charge in [0.1, 0.15) is 11.6 Å². The van der Waals surface area contributed by atoms with Gasteiger partial charge in [-0.05, 0) is 66.9 Å². The van der Waals surface area contributed by atoms with Crippen molar-refractivity contribution in [3.05, 3.63) is 84.3 Å². The molecule has 0 aliphatic carbocycles. The van der Waals surface area contributed by atoms with Gasteiger partial charge in [-0.2, -0.15) is 0 Å². The predicted molar refractivity (Wildman–Crippen MR) is 131 cm³/mol. The van der Waals surface area contributed by atoms with Crippen molar-refractivity contribution in [1.82, 2.24) is 19.7 Å². The van der Waals surface area contributed by atoms with Crippen molar-refractivity contribution in [2.24, 2.45) is 0 Å². The van der Waals surface area contributed by atoms with E-state index in [2.05, 4.69) is 30.3 Å². The van der Waals surface area contributed by atoms with Crippen LogP contribution in [0.1, 0.15) is 17.5 Å². The molecule has 0 radical (unpaired) electrons. The van der Waals surface area contributed by atoms with Gasteiger partial charge < -0.3 is 10.6 Å². The van der Waals surface area contributed by atoms with Gasteiger partial charge in [-0.3, -0.25) is 4.98 Å². The maximum absolute atomic E-state index is 12.7. The Balaban J connectivity index is 1.32. The second-order valence-electron chi connectivity index (χ2n) is 7.66. The minimum atomic E-state index is -3.60. The Morgan fingerprint density at radius 2 is 1.79 bits per heavy atom. The first-order chi connectivity index (χ1) is 16.0. The molecule has 0 saturated heterocycles. The van der Waals surface area contributed by atoms with Crippen molar-refractivity contribution >= 4 is 32.6 Å². The Morgan fingerprint density at radius 3 is 2.58 bits per heavy atom. The Morgan fingerprint density at radius 1 is 0.909 bits per heavy atom. The van der Waals surface area contributed by atoms with E-state index < -0.39 is 10.0 Å². The number of pyridine rings is 3. The summed E-state index contributed by atoms with van der Waals surface area (Å²) in [6.45, 7) is 3.54. The lowest BCUT2D eigenvalue weighted by Crippen LogP contribution is -2.26. The number of rotatable bonds is 10. The number of hydrogen-bond donors (Lipinski definition) is 3. The number of nitrogens with one attached hydrogen (secondary N) is 3. The van der Waals surface area contributed by atoms with Crippen molar-refractivity contribution in [2.75, 3.05) is 23.7 Å². The van der Waals surface area contributed by atoms with E-state index >= 15 is 0 Å². The van der Waals surface area contributed by atoms with E-state index in [0.717, 1.165) is 33.7 Å². The smallest absolute Gasteiger partial charge is 0.240 e. The topological polar surface area (TPSA) is 109 Å². The maximum Gasteiger partial charge on any atom is 0.240 e. The fourth-order valence-corrected chi connectivity index (χ4v) is 4.34. The molecule has 0 fully saturated rings. The summed E-state index contributed by atoms with van der Waals surface area (Å²) in [5.41, 5.74) is 2.87. The zero-order valence-electron chi connectivity index (χ0n) is 18.3. The van der Waals surface area contributed by atoms with E-state index in [-0.39, 0.29) is 4.90 Å². The molecule has 3 aromatic heterocycles. The third kappa shape index (κ3) is 6.24. The van der Waals surface area contributed by atoms with Crippen LogP contribution in [0.25, 0.3) is 10.9 Å². The van der Waals surface area contributed by atoms with Crippen LogP contribution in [0, 0.1) is 6.92 Å². The van der Waals surface area contributed by atoms with Crippen LogP contribution >= 0.6 is 0 Å². The first kappa shape index (κ1) is 22.6. The Bertz CT molecular complexity index is 1310. The highest BCUT2D eigenvalue weighted by Crippen LogP contribution is 2.20. The number of aromatic nitrogens is 3. The molecule has 3 heterocycles. The lowest BCUT2D eigenvalue weighted by atomic mass is 10.2. The average Bonchev–Trinajstić information content (AvgIpc) is 2.84. The SMILES string of the molecule is Cc1ccc(NCCCNS(=O)(=O)c2ccc3nc(NCc4cccnc4)ccc3c2)nc1. The lowest BCUT2D eigenvalue weighted by Gasteiger charge is -2.10. The molecule has 0 unspecified atom stereocenters. The third-order valence-corrected chi connectivity index (χ3v) is 6.49. The van der Waals surface area contributed by atoms with Crippen LogP contribution in [0.3, 0.4) is 0 Å². The molecule has 33 heavy (non-hydrogen) atoms. The second-order valence-corrected chi connectivity index (χ2v) is 9.43. The van der Waals surface area contributed by atoms with Crippen molar-refractivity contribution in [1.29, 1.82) is 0 Å². The van der Waals surface area contributed by atoms with Gasteiger partial charge in [0.2, 0.25) is 10.0 Å². The van der Waals surface area contributed by atoms with Crippen LogP contribution in [0.4, 0.5) is 11.6 Å². The van der Waals surface area contributed by atoms with Crippen LogP contribution in [-0.2, 0) is 16.6 Å². The van der Waals surface area contributed by atoms with E-state index in [1.807, 2.05) is 43.3 Å². The molecule has 4 aromatic rings. The Hall–Kier alpha value is -3.56. The summed E-state index contributed by atoms with van der Waals surface area (Å²) in [5.74, 6) is 1.50. The molecule has 170 valence electrons. The zero-order chi connectivity index (χ0) is 23.1. The van der Waals surface area contributed by atoms with Crippen LogP contribution < -0.4 is 15.4 Å². The quantitative estimate of drug-likeness (QED) is 0.308. The second kappa shape index (κ2) is 10.4. The molecule has 1 aromatic carbocycles. The molecule has 8 nitrogen and oxygen atoms in total. The first-order valence-corrected chi connectivity index (χ1v) is 12.2. The van der Waals surface area contributed by atoms with Crippen LogP contribution in [0.2, 0.25) is 0 Å². The van der Waals surface area contributed by atoms with Crippen LogP contribution in [0.15, 0.2) is 78.1 Å². The lowest BCUT2D eigenvalue weighted by molar-refractivity contribution is 0.580. The summed E-state index contributed by atoms with van der Waals surface area (Å²) in [7, 11) is -3.60. The normalized spacial score (nSPS) is 11.4. The average molecular weight is 463 g/mol. The van der Waals surface area contributed by atoms with E-state index in [9.17, 15) is 8.42 Å². The fourth-order valence-electron chi connectivity index (χ4n) is 3.23. The van der Waals surface area contributed by atoms with Gasteiger partial charge in [-0.25, -0.2) is 23.1 Å². The molecule has 9 heteroatoms. The van der Waals surface area contributed by atoms with Gasteiger partial charge in [-0.15, -0.1) is 0 Å². The summed E-state index contributed by atoms with van der Waals surface area (Å²) >= 11 is 0. The number of fused-ring (bicyclic) bond motifs is 1. The first-order valence-electron chi connectivity index (χ1n) is 10.7. The summed E-state index contributed by atoms with van der Waals surface area (Å²) in [5, 5.41) is 7.21. The van der Waals surface area contributed by atoms with Gasteiger partial charge >= 0.3 is 0 Å². The predicted octanol–water partition coefficient (Wildman–Crippen LogP) is 3.73. The monoisotopic (exact) mass is 462 g/mol. The number of anilines is 2. The van der Waals surface area contributed by atoms with Crippen molar-refractivity contribution < 1.29 is 8.42 Å². The Kier molecular flexibility index (Phi) is 7.11. The van der Waals surface area contributed by atoms with Gasteiger partial charge in [0, 0.05) is 43.6 Å². The van der Waals surface area contributed by atoms with Crippen molar-refractivity contribution in [3.8, 4) is 0 Å². The Labute approximate surface area is 193 Å². The molecule has 0 saturated carbocycles. The number of hydrogen-bond acceptors (Lipinski definition) is 7. The molecule has 4 rings (SSSR count). The molecule has 0 amide bonds. The highest BCUT2D eigenvalue weighted by molar-refractivity contribution is 7.89. The summed E-state index contributed by atoms with van der Waals surface area (Å²) in [6.07, 6.45) is 5.96. The van der Waals surface area contributed by atoms with E-state index in [4.69, 9.17) is 0 Å². The number of aryl methyl sites for hydroxylation is 1.